The monoisotopic (exact) mass is 256 g/mol. The standard InChI is InChI=1S/C16H26F2/c1-12-2-4-13(5-3-12)10-14-6-8-15(9-7-14)11-16(17)18/h11-15H,2-10H2,1H3. The largest absolute Gasteiger partial charge is 0.266 e. The highest BCUT2D eigenvalue weighted by Crippen LogP contribution is 2.38. The Bertz CT molecular complexity index is 265. The summed E-state index contributed by atoms with van der Waals surface area (Å²) in [6.07, 6.45) is 10.9. The Morgan fingerprint density at radius 1 is 0.889 bits per heavy atom. The first-order chi connectivity index (χ1) is 8.63. The van der Waals surface area contributed by atoms with Crippen LogP contribution in [0, 0.1) is 23.7 Å². The van der Waals surface area contributed by atoms with E-state index in [0.29, 0.717) is 0 Å². The van der Waals surface area contributed by atoms with E-state index in [1.807, 2.05) is 0 Å². The highest BCUT2D eigenvalue weighted by atomic mass is 19.3. The van der Waals surface area contributed by atoms with Crippen molar-refractivity contribution in [2.75, 3.05) is 0 Å². The molecule has 104 valence electrons. The summed E-state index contributed by atoms with van der Waals surface area (Å²) in [6, 6.07) is 0. The summed E-state index contributed by atoms with van der Waals surface area (Å²) in [6.45, 7) is 2.36. The summed E-state index contributed by atoms with van der Waals surface area (Å²) in [5.74, 6) is 2.82. The highest BCUT2D eigenvalue weighted by Gasteiger charge is 2.25. The first-order valence-electron chi connectivity index (χ1n) is 7.66. The second-order valence-corrected chi connectivity index (χ2v) is 6.60. The van der Waals surface area contributed by atoms with Gasteiger partial charge in [-0.15, -0.1) is 0 Å². The molecule has 0 aromatic rings. The average molecular weight is 256 g/mol. The van der Waals surface area contributed by atoms with Crippen molar-refractivity contribution < 1.29 is 8.78 Å². The summed E-state index contributed by atoms with van der Waals surface area (Å²) in [5.41, 5.74) is 0. The van der Waals surface area contributed by atoms with E-state index < -0.39 is 6.08 Å². The van der Waals surface area contributed by atoms with Gasteiger partial charge in [0.1, 0.15) is 0 Å². The second kappa shape index (κ2) is 6.68. The fourth-order valence-electron chi connectivity index (χ4n) is 3.80. The molecular formula is C16H26F2. The van der Waals surface area contributed by atoms with Crippen LogP contribution in [-0.2, 0) is 0 Å². The third-order valence-electron chi connectivity index (χ3n) is 5.06. The van der Waals surface area contributed by atoms with Crippen molar-refractivity contribution in [1.29, 1.82) is 0 Å². The van der Waals surface area contributed by atoms with E-state index >= 15 is 0 Å². The van der Waals surface area contributed by atoms with Crippen molar-refractivity contribution in [2.45, 2.75) is 64.7 Å². The van der Waals surface area contributed by atoms with Gasteiger partial charge in [-0.3, -0.25) is 0 Å². The summed E-state index contributed by atoms with van der Waals surface area (Å²) in [5, 5.41) is 0. The van der Waals surface area contributed by atoms with Crippen LogP contribution in [0.2, 0.25) is 0 Å². The zero-order valence-electron chi connectivity index (χ0n) is 11.5. The molecule has 0 amide bonds. The van der Waals surface area contributed by atoms with Crippen LogP contribution in [0.15, 0.2) is 12.2 Å². The highest BCUT2D eigenvalue weighted by molar-refractivity contribution is 4.91. The van der Waals surface area contributed by atoms with E-state index in [0.717, 1.165) is 30.6 Å². The van der Waals surface area contributed by atoms with Crippen molar-refractivity contribution in [2.24, 2.45) is 23.7 Å². The lowest BCUT2D eigenvalue weighted by atomic mass is 9.73. The minimum absolute atomic E-state index is 0.151. The molecule has 2 fully saturated rings. The Morgan fingerprint density at radius 3 is 1.89 bits per heavy atom. The van der Waals surface area contributed by atoms with Crippen LogP contribution < -0.4 is 0 Å². The van der Waals surface area contributed by atoms with Gasteiger partial charge in [0.2, 0.25) is 0 Å². The van der Waals surface area contributed by atoms with Crippen LogP contribution in [0.5, 0.6) is 0 Å². The Hall–Kier alpha value is -0.400. The molecule has 0 unspecified atom stereocenters. The molecule has 0 heterocycles. The lowest BCUT2D eigenvalue weighted by Crippen LogP contribution is -2.19. The quantitative estimate of drug-likeness (QED) is 0.599. The number of hydrogen-bond donors (Lipinski definition) is 0. The molecule has 0 radical (unpaired) electrons. The zero-order chi connectivity index (χ0) is 13.0. The van der Waals surface area contributed by atoms with Gasteiger partial charge in [-0.05, 0) is 61.9 Å². The maximum atomic E-state index is 12.2. The number of hydrogen-bond acceptors (Lipinski definition) is 0. The average Bonchev–Trinajstić information content (AvgIpc) is 2.34. The molecule has 0 aromatic heterocycles. The van der Waals surface area contributed by atoms with E-state index in [9.17, 15) is 8.78 Å². The zero-order valence-corrected chi connectivity index (χ0v) is 11.5. The van der Waals surface area contributed by atoms with Crippen LogP contribution in [0.4, 0.5) is 8.78 Å². The van der Waals surface area contributed by atoms with Gasteiger partial charge in [0.15, 0.2) is 0 Å². The molecule has 0 N–H and O–H groups in total. The van der Waals surface area contributed by atoms with Gasteiger partial charge in [0.25, 0.3) is 6.08 Å². The third kappa shape index (κ3) is 4.37. The van der Waals surface area contributed by atoms with E-state index in [4.69, 9.17) is 0 Å². The first-order valence-corrected chi connectivity index (χ1v) is 7.66. The van der Waals surface area contributed by atoms with E-state index in [-0.39, 0.29) is 5.92 Å². The molecule has 2 rings (SSSR count). The van der Waals surface area contributed by atoms with E-state index in [2.05, 4.69) is 6.92 Å². The second-order valence-electron chi connectivity index (χ2n) is 6.60. The van der Waals surface area contributed by atoms with Gasteiger partial charge in [-0.25, -0.2) is 0 Å². The van der Waals surface area contributed by atoms with Crippen LogP contribution in [0.25, 0.3) is 0 Å². The molecule has 0 atom stereocenters. The third-order valence-corrected chi connectivity index (χ3v) is 5.06. The molecule has 18 heavy (non-hydrogen) atoms. The molecule has 0 saturated heterocycles. The smallest absolute Gasteiger partial charge is 0.174 e. The Balaban J connectivity index is 1.69. The molecule has 2 heteroatoms. The number of halogens is 2. The molecule has 0 nitrogen and oxygen atoms in total. The van der Waals surface area contributed by atoms with E-state index in [1.165, 1.54) is 51.0 Å². The Kier molecular flexibility index (Phi) is 5.20. The van der Waals surface area contributed by atoms with Gasteiger partial charge in [-0.1, -0.05) is 32.6 Å². The van der Waals surface area contributed by atoms with Gasteiger partial charge in [0, 0.05) is 0 Å². The van der Waals surface area contributed by atoms with Crippen molar-refractivity contribution in [3.8, 4) is 0 Å². The van der Waals surface area contributed by atoms with Gasteiger partial charge in [-0.2, -0.15) is 8.78 Å². The molecule has 2 saturated carbocycles. The molecular weight excluding hydrogens is 230 g/mol. The Morgan fingerprint density at radius 2 is 1.39 bits per heavy atom. The first kappa shape index (κ1) is 14.0. The fourth-order valence-corrected chi connectivity index (χ4v) is 3.80. The molecule has 2 aliphatic rings. The predicted molar refractivity (Wildman–Crippen MR) is 71.5 cm³/mol. The summed E-state index contributed by atoms with van der Waals surface area (Å²) in [4.78, 5) is 0. The summed E-state index contributed by atoms with van der Waals surface area (Å²) in [7, 11) is 0. The Labute approximate surface area is 110 Å². The number of allylic oxidation sites excluding steroid dienone is 1. The van der Waals surface area contributed by atoms with E-state index in [1.54, 1.807) is 0 Å². The van der Waals surface area contributed by atoms with Crippen molar-refractivity contribution in [3.63, 3.8) is 0 Å². The van der Waals surface area contributed by atoms with Crippen molar-refractivity contribution in [3.05, 3.63) is 12.2 Å². The van der Waals surface area contributed by atoms with Crippen LogP contribution in [0.3, 0.4) is 0 Å². The molecule has 0 bridgehead atoms. The van der Waals surface area contributed by atoms with Crippen LogP contribution >= 0.6 is 0 Å². The minimum Gasteiger partial charge on any atom is -0.174 e. The normalized spacial score (nSPS) is 37.3. The van der Waals surface area contributed by atoms with Crippen LogP contribution in [-0.4, -0.2) is 0 Å². The maximum Gasteiger partial charge on any atom is 0.266 e. The topological polar surface area (TPSA) is 0 Å². The van der Waals surface area contributed by atoms with Gasteiger partial charge < -0.3 is 0 Å². The summed E-state index contributed by atoms with van der Waals surface area (Å²) < 4.78 is 24.4. The van der Waals surface area contributed by atoms with Gasteiger partial charge in [0.05, 0.1) is 0 Å². The molecule has 2 aliphatic carbocycles. The van der Waals surface area contributed by atoms with Gasteiger partial charge >= 0.3 is 0 Å². The van der Waals surface area contributed by atoms with Crippen molar-refractivity contribution in [1.82, 2.24) is 0 Å². The van der Waals surface area contributed by atoms with Crippen LogP contribution in [0.1, 0.15) is 64.7 Å². The molecule has 0 aliphatic heterocycles. The number of rotatable bonds is 3. The fraction of sp³-hybridized carbons (Fsp3) is 0.875. The minimum atomic E-state index is -1.49. The molecule has 0 aromatic carbocycles. The lowest BCUT2D eigenvalue weighted by molar-refractivity contribution is 0.205. The summed E-state index contributed by atoms with van der Waals surface area (Å²) >= 11 is 0. The maximum absolute atomic E-state index is 12.2. The molecule has 0 spiro atoms. The van der Waals surface area contributed by atoms with Crippen molar-refractivity contribution >= 4 is 0 Å². The predicted octanol–water partition coefficient (Wildman–Crippen LogP) is 5.79. The lowest BCUT2D eigenvalue weighted by Gasteiger charge is -2.32. The SMILES string of the molecule is CC1CCC(CC2CCC(C=C(F)F)CC2)CC1.